The smallest absolute Gasteiger partial charge is 0.255 e. The van der Waals surface area contributed by atoms with Crippen LogP contribution in [0.4, 0.5) is 0 Å². The van der Waals surface area contributed by atoms with Crippen LogP contribution in [0.15, 0.2) is 48.5 Å². The first-order chi connectivity index (χ1) is 9.65. The van der Waals surface area contributed by atoms with Crippen LogP contribution in [0.25, 0.3) is 0 Å². The first-order valence-corrected chi connectivity index (χ1v) is 6.80. The van der Waals surface area contributed by atoms with Crippen LogP contribution in [0.5, 0.6) is 5.75 Å². The van der Waals surface area contributed by atoms with Crippen molar-refractivity contribution in [3.05, 3.63) is 65.2 Å². The Morgan fingerprint density at radius 3 is 2.65 bits per heavy atom. The molecule has 2 atom stereocenters. The SMILES string of the molecule is Cc1ccc(C(=O)NC2CC2c2ccccc2)c(O)c1. The van der Waals surface area contributed by atoms with E-state index in [0.717, 1.165) is 12.0 Å². The van der Waals surface area contributed by atoms with Gasteiger partial charge in [0.15, 0.2) is 0 Å². The highest BCUT2D eigenvalue weighted by Gasteiger charge is 2.39. The van der Waals surface area contributed by atoms with Crippen LogP contribution in [0, 0.1) is 6.92 Å². The maximum atomic E-state index is 12.1. The van der Waals surface area contributed by atoms with Gasteiger partial charge in [-0.3, -0.25) is 4.79 Å². The lowest BCUT2D eigenvalue weighted by Gasteiger charge is -2.07. The molecule has 0 aliphatic heterocycles. The minimum Gasteiger partial charge on any atom is -0.507 e. The third kappa shape index (κ3) is 2.52. The van der Waals surface area contributed by atoms with Crippen molar-refractivity contribution in [2.24, 2.45) is 0 Å². The standard InChI is InChI=1S/C17H17NO2/c1-11-7-8-13(16(19)9-11)17(20)18-15-10-14(15)12-5-3-2-4-6-12/h2-9,14-15,19H,10H2,1H3,(H,18,20). The van der Waals surface area contributed by atoms with Gasteiger partial charge in [0.05, 0.1) is 5.56 Å². The molecular weight excluding hydrogens is 250 g/mol. The van der Waals surface area contributed by atoms with Gasteiger partial charge in [-0.1, -0.05) is 36.4 Å². The number of rotatable bonds is 3. The molecular formula is C17H17NO2. The van der Waals surface area contributed by atoms with Crippen LogP contribution in [0.3, 0.4) is 0 Å². The van der Waals surface area contributed by atoms with Gasteiger partial charge >= 0.3 is 0 Å². The number of amides is 1. The van der Waals surface area contributed by atoms with Crippen molar-refractivity contribution in [1.29, 1.82) is 0 Å². The molecule has 102 valence electrons. The summed E-state index contributed by atoms with van der Waals surface area (Å²) in [5, 5.41) is 12.8. The molecule has 2 aromatic rings. The molecule has 3 rings (SSSR count). The van der Waals surface area contributed by atoms with E-state index < -0.39 is 0 Å². The third-order valence-electron chi connectivity index (χ3n) is 3.73. The first-order valence-electron chi connectivity index (χ1n) is 6.80. The topological polar surface area (TPSA) is 49.3 Å². The third-order valence-corrected chi connectivity index (χ3v) is 3.73. The van der Waals surface area contributed by atoms with Crippen LogP contribution in [0.1, 0.15) is 33.8 Å². The fourth-order valence-electron chi connectivity index (χ4n) is 2.50. The van der Waals surface area contributed by atoms with Gasteiger partial charge in [0.1, 0.15) is 5.75 Å². The summed E-state index contributed by atoms with van der Waals surface area (Å²) in [5.74, 6) is 0.234. The molecule has 1 aliphatic rings. The van der Waals surface area contributed by atoms with Gasteiger partial charge in [-0.2, -0.15) is 0 Å². The predicted molar refractivity (Wildman–Crippen MR) is 77.9 cm³/mol. The molecule has 1 amide bonds. The van der Waals surface area contributed by atoms with Crippen molar-refractivity contribution in [3.8, 4) is 5.75 Å². The predicted octanol–water partition coefficient (Wildman–Crippen LogP) is 2.99. The van der Waals surface area contributed by atoms with Crippen molar-refractivity contribution in [2.45, 2.75) is 25.3 Å². The Kier molecular flexibility index (Phi) is 3.18. The van der Waals surface area contributed by atoms with Crippen LogP contribution >= 0.6 is 0 Å². The first kappa shape index (κ1) is 12.7. The summed E-state index contributed by atoms with van der Waals surface area (Å²) in [7, 11) is 0. The molecule has 2 aromatic carbocycles. The maximum absolute atomic E-state index is 12.1. The van der Waals surface area contributed by atoms with Crippen LogP contribution < -0.4 is 5.32 Å². The van der Waals surface area contributed by atoms with Gasteiger partial charge < -0.3 is 10.4 Å². The molecule has 0 radical (unpaired) electrons. The zero-order valence-corrected chi connectivity index (χ0v) is 11.3. The van der Waals surface area contributed by atoms with Crippen molar-refractivity contribution in [1.82, 2.24) is 5.32 Å². The minimum atomic E-state index is -0.203. The summed E-state index contributed by atoms with van der Waals surface area (Å²) in [6.07, 6.45) is 0.961. The van der Waals surface area contributed by atoms with Crippen molar-refractivity contribution >= 4 is 5.91 Å². The van der Waals surface area contributed by atoms with Gasteiger partial charge in [-0.15, -0.1) is 0 Å². The van der Waals surface area contributed by atoms with Gasteiger partial charge in [0, 0.05) is 12.0 Å². The van der Waals surface area contributed by atoms with Gasteiger partial charge in [0.25, 0.3) is 5.91 Å². The molecule has 3 heteroatoms. The summed E-state index contributed by atoms with van der Waals surface area (Å²) in [4.78, 5) is 12.1. The molecule has 0 aromatic heterocycles. The Hall–Kier alpha value is -2.29. The van der Waals surface area contributed by atoms with E-state index in [0.29, 0.717) is 11.5 Å². The molecule has 1 aliphatic carbocycles. The van der Waals surface area contributed by atoms with Gasteiger partial charge in [-0.25, -0.2) is 0 Å². The number of phenols is 1. The lowest BCUT2D eigenvalue weighted by Crippen LogP contribution is -2.26. The lowest BCUT2D eigenvalue weighted by molar-refractivity contribution is 0.0947. The maximum Gasteiger partial charge on any atom is 0.255 e. The van der Waals surface area contributed by atoms with E-state index >= 15 is 0 Å². The molecule has 20 heavy (non-hydrogen) atoms. The molecule has 0 saturated heterocycles. The highest BCUT2D eigenvalue weighted by atomic mass is 16.3. The zero-order chi connectivity index (χ0) is 14.1. The number of carbonyl (C=O) groups excluding carboxylic acids is 1. The normalized spacial score (nSPS) is 20.4. The Labute approximate surface area is 118 Å². The number of benzene rings is 2. The van der Waals surface area contributed by atoms with E-state index in [-0.39, 0.29) is 17.7 Å². The number of phenolic OH excluding ortho intramolecular Hbond substituents is 1. The second-order valence-corrected chi connectivity index (χ2v) is 5.35. The van der Waals surface area contributed by atoms with E-state index in [9.17, 15) is 9.90 Å². The van der Waals surface area contributed by atoms with E-state index in [2.05, 4.69) is 17.4 Å². The highest BCUT2D eigenvalue weighted by molar-refractivity contribution is 5.97. The summed E-state index contributed by atoms with van der Waals surface area (Å²) in [5.41, 5.74) is 2.54. The fourth-order valence-corrected chi connectivity index (χ4v) is 2.50. The summed E-state index contributed by atoms with van der Waals surface area (Å²) in [6.45, 7) is 1.88. The average molecular weight is 267 g/mol. The molecule has 1 fully saturated rings. The number of nitrogens with one attached hydrogen (secondary N) is 1. The van der Waals surface area contributed by atoms with Crippen LogP contribution in [-0.4, -0.2) is 17.1 Å². The number of aromatic hydroxyl groups is 1. The molecule has 2 unspecified atom stereocenters. The van der Waals surface area contributed by atoms with E-state index in [1.165, 1.54) is 5.56 Å². The molecule has 1 saturated carbocycles. The van der Waals surface area contributed by atoms with E-state index in [1.54, 1.807) is 12.1 Å². The molecule has 2 N–H and O–H groups in total. The number of carbonyl (C=O) groups is 1. The Morgan fingerprint density at radius 1 is 1.20 bits per heavy atom. The monoisotopic (exact) mass is 267 g/mol. The van der Waals surface area contributed by atoms with Crippen molar-refractivity contribution < 1.29 is 9.90 Å². The van der Waals surface area contributed by atoms with E-state index in [1.807, 2.05) is 31.2 Å². The second-order valence-electron chi connectivity index (χ2n) is 5.35. The Bertz CT molecular complexity index is 637. The second kappa shape index (κ2) is 5.00. The Balaban J connectivity index is 1.66. The molecule has 0 heterocycles. The Morgan fingerprint density at radius 2 is 1.95 bits per heavy atom. The quantitative estimate of drug-likeness (QED) is 0.898. The number of hydrogen-bond acceptors (Lipinski definition) is 2. The van der Waals surface area contributed by atoms with Crippen molar-refractivity contribution in [3.63, 3.8) is 0 Å². The number of hydrogen-bond donors (Lipinski definition) is 2. The fraction of sp³-hybridized carbons (Fsp3) is 0.235. The molecule has 0 spiro atoms. The minimum absolute atomic E-state index is 0.0411. The van der Waals surface area contributed by atoms with Crippen LogP contribution in [0.2, 0.25) is 0 Å². The lowest BCUT2D eigenvalue weighted by atomic mass is 10.1. The zero-order valence-electron chi connectivity index (χ0n) is 11.3. The van der Waals surface area contributed by atoms with Crippen LogP contribution in [-0.2, 0) is 0 Å². The summed E-state index contributed by atoms with van der Waals surface area (Å²) >= 11 is 0. The highest BCUT2D eigenvalue weighted by Crippen LogP contribution is 2.40. The van der Waals surface area contributed by atoms with Crippen molar-refractivity contribution in [2.75, 3.05) is 0 Å². The number of aryl methyl sites for hydroxylation is 1. The van der Waals surface area contributed by atoms with E-state index in [4.69, 9.17) is 0 Å². The summed E-state index contributed by atoms with van der Waals surface area (Å²) < 4.78 is 0. The summed E-state index contributed by atoms with van der Waals surface area (Å²) in [6, 6.07) is 15.5. The average Bonchev–Trinajstić information content (AvgIpc) is 3.18. The largest absolute Gasteiger partial charge is 0.507 e. The molecule has 3 nitrogen and oxygen atoms in total. The van der Waals surface area contributed by atoms with Gasteiger partial charge in [-0.05, 0) is 36.6 Å². The molecule has 0 bridgehead atoms. The van der Waals surface area contributed by atoms with Gasteiger partial charge in [0.2, 0.25) is 0 Å².